The molecule has 0 saturated heterocycles. The first-order chi connectivity index (χ1) is 9.70. The van der Waals surface area contributed by atoms with Gasteiger partial charge in [0.15, 0.2) is 5.16 Å². The van der Waals surface area contributed by atoms with Crippen LogP contribution < -0.4 is 5.73 Å². The van der Waals surface area contributed by atoms with E-state index in [4.69, 9.17) is 10.3 Å². The maximum absolute atomic E-state index is 5.68. The van der Waals surface area contributed by atoms with E-state index in [2.05, 4.69) is 20.1 Å². The predicted molar refractivity (Wildman–Crippen MR) is 78.4 cm³/mol. The number of hydrogen-bond acceptors (Lipinski definition) is 8. The van der Waals surface area contributed by atoms with Gasteiger partial charge in [0, 0.05) is 22.7 Å². The first-order valence-electron chi connectivity index (χ1n) is 5.80. The van der Waals surface area contributed by atoms with E-state index in [1.54, 1.807) is 17.4 Å². The Morgan fingerprint density at radius 2 is 2.25 bits per heavy atom. The van der Waals surface area contributed by atoms with Crippen molar-refractivity contribution >= 4 is 28.9 Å². The molecule has 6 nitrogen and oxygen atoms in total. The predicted octanol–water partition coefficient (Wildman–Crippen LogP) is 2.77. The lowest BCUT2D eigenvalue weighted by molar-refractivity contribution is 0.391. The van der Waals surface area contributed by atoms with Crippen molar-refractivity contribution in [1.82, 2.24) is 20.1 Å². The largest absolute Gasteiger partial charge is 0.384 e. The van der Waals surface area contributed by atoms with Crippen LogP contribution in [0, 0.1) is 6.92 Å². The number of nitrogens with two attached hydrogens (primary N) is 1. The standard InChI is InChI=1S/C12H11N5OS2/c1-7-4-9(13)15-12(14-7)20-6-10-16-11(17-18-10)8-2-3-19-5-8/h2-5H,6H2,1H3,(H2,13,14,15). The first kappa shape index (κ1) is 13.1. The molecule has 0 spiro atoms. The van der Waals surface area contributed by atoms with Crippen LogP contribution in [-0.2, 0) is 5.75 Å². The molecule has 0 unspecified atom stereocenters. The lowest BCUT2D eigenvalue weighted by Gasteiger charge is -2.00. The second-order valence-electron chi connectivity index (χ2n) is 4.03. The summed E-state index contributed by atoms with van der Waals surface area (Å²) in [5.74, 6) is 2.12. The molecule has 0 fully saturated rings. The van der Waals surface area contributed by atoms with Gasteiger partial charge in [-0.15, -0.1) is 0 Å². The van der Waals surface area contributed by atoms with Crippen molar-refractivity contribution in [1.29, 1.82) is 0 Å². The number of thiophene rings is 1. The summed E-state index contributed by atoms with van der Waals surface area (Å²) < 4.78 is 5.21. The average molecular weight is 305 g/mol. The molecule has 3 rings (SSSR count). The fourth-order valence-electron chi connectivity index (χ4n) is 1.58. The Hall–Kier alpha value is -1.93. The third kappa shape index (κ3) is 2.97. The Morgan fingerprint density at radius 1 is 1.35 bits per heavy atom. The highest BCUT2D eigenvalue weighted by molar-refractivity contribution is 7.98. The first-order valence-corrected chi connectivity index (χ1v) is 7.72. The Kier molecular flexibility index (Phi) is 3.66. The molecule has 0 amide bonds. The van der Waals surface area contributed by atoms with Gasteiger partial charge in [-0.2, -0.15) is 16.3 Å². The second kappa shape index (κ2) is 5.59. The third-order valence-corrected chi connectivity index (χ3v) is 3.94. The van der Waals surface area contributed by atoms with Gasteiger partial charge in [0.1, 0.15) is 5.82 Å². The quantitative estimate of drug-likeness (QED) is 0.585. The van der Waals surface area contributed by atoms with E-state index in [1.165, 1.54) is 11.8 Å². The van der Waals surface area contributed by atoms with E-state index in [0.717, 1.165) is 11.3 Å². The summed E-state index contributed by atoms with van der Waals surface area (Å²) >= 11 is 3.01. The molecule has 3 heterocycles. The van der Waals surface area contributed by atoms with Crippen molar-refractivity contribution in [2.45, 2.75) is 17.8 Å². The van der Waals surface area contributed by atoms with Gasteiger partial charge in [-0.1, -0.05) is 16.9 Å². The van der Waals surface area contributed by atoms with Crippen LogP contribution in [0.2, 0.25) is 0 Å². The highest BCUT2D eigenvalue weighted by atomic mass is 32.2. The topological polar surface area (TPSA) is 90.7 Å². The van der Waals surface area contributed by atoms with Crippen molar-refractivity contribution in [3.8, 4) is 11.4 Å². The molecule has 0 aliphatic carbocycles. The van der Waals surface area contributed by atoms with Gasteiger partial charge in [-0.25, -0.2) is 9.97 Å². The number of thioether (sulfide) groups is 1. The monoisotopic (exact) mass is 305 g/mol. The molecular weight excluding hydrogens is 294 g/mol. The lowest BCUT2D eigenvalue weighted by atomic mass is 10.3. The minimum atomic E-state index is 0.462. The second-order valence-corrected chi connectivity index (χ2v) is 5.75. The highest BCUT2D eigenvalue weighted by Crippen LogP contribution is 2.23. The van der Waals surface area contributed by atoms with Crippen LogP contribution in [0.5, 0.6) is 0 Å². The molecule has 3 aromatic heterocycles. The van der Waals surface area contributed by atoms with E-state index in [1.807, 2.05) is 23.8 Å². The molecule has 0 aliphatic rings. The zero-order valence-corrected chi connectivity index (χ0v) is 12.2. The number of rotatable bonds is 4. The fourth-order valence-corrected chi connectivity index (χ4v) is 2.96. The van der Waals surface area contributed by atoms with Gasteiger partial charge in [-0.3, -0.25) is 0 Å². The van der Waals surface area contributed by atoms with Crippen LogP contribution in [0.25, 0.3) is 11.4 Å². The lowest BCUT2D eigenvalue weighted by Crippen LogP contribution is -1.96. The van der Waals surface area contributed by atoms with Crippen LogP contribution in [0.1, 0.15) is 11.6 Å². The van der Waals surface area contributed by atoms with Gasteiger partial charge in [0.25, 0.3) is 0 Å². The van der Waals surface area contributed by atoms with Crippen LogP contribution in [0.4, 0.5) is 5.82 Å². The van der Waals surface area contributed by atoms with Gasteiger partial charge in [0.05, 0.1) is 5.75 Å². The molecule has 0 radical (unpaired) electrons. The van der Waals surface area contributed by atoms with Crippen molar-refractivity contribution < 1.29 is 4.52 Å². The van der Waals surface area contributed by atoms with Gasteiger partial charge in [0.2, 0.25) is 11.7 Å². The summed E-state index contributed by atoms with van der Waals surface area (Å²) in [4.78, 5) is 12.8. The summed E-state index contributed by atoms with van der Waals surface area (Å²) in [6.45, 7) is 1.88. The summed E-state index contributed by atoms with van der Waals surface area (Å²) in [5, 5.41) is 8.51. The molecule has 0 aromatic carbocycles. The summed E-state index contributed by atoms with van der Waals surface area (Å²) in [6, 6.07) is 3.68. The van der Waals surface area contributed by atoms with Crippen molar-refractivity contribution in [3.05, 3.63) is 34.5 Å². The number of hydrogen-bond donors (Lipinski definition) is 1. The zero-order valence-electron chi connectivity index (χ0n) is 10.6. The Labute approximate surface area is 123 Å². The molecule has 3 aromatic rings. The maximum atomic E-state index is 5.68. The van der Waals surface area contributed by atoms with Gasteiger partial charge < -0.3 is 10.3 Å². The van der Waals surface area contributed by atoms with Gasteiger partial charge in [-0.05, 0) is 18.4 Å². The molecule has 0 saturated carbocycles. The number of aromatic nitrogens is 4. The Bertz CT molecular complexity index is 690. The van der Waals surface area contributed by atoms with Crippen LogP contribution in [0.3, 0.4) is 0 Å². The number of nitrogens with zero attached hydrogens (tertiary/aromatic N) is 4. The molecule has 8 heteroatoms. The normalized spacial score (nSPS) is 10.8. The van der Waals surface area contributed by atoms with Crippen molar-refractivity contribution in [2.75, 3.05) is 5.73 Å². The number of aryl methyl sites for hydroxylation is 1. The van der Waals surface area contributed by atoms with Crippen LogP contribution in [-0.4, -0.2) is 20.1 Å². The van der Waals surface area contributed by atoms with Crippen LogP contribution >= 0.6 is 23.1 Å². The van der Waals surface area contributed by atoms with Crippen molar-refractivity contribution in [2.24, 2.45) is 0 Å². The number of nitrogen functional groups attached to an aromatic ring is 1. The highest BCUT2D eigenvalue weighted by Gasteiger charge is 2.10. The minimum Gasteiger partial charge on any atom is -0.384 e. The summed E-state index contributed by atoms with van der Waals surface area (Å²) in [5.41, 5.74) is 7.48. The molecule has 0 bridgehead atoms. The Balaban J connectivity index is 1.69. The fraction of sp³-hybridized carbons (Fsp3) is 0.167. The molecular formula is C12H11N5OS2. The van der Waals surface area contributed by atoms with Crippen LogP contribution in [0.15, 0.2) is 32.6 Å². The maximum Gasteiger partial charge on any atom is 0.237 e. The molecule has 2 N–H and O–H groups in total. The third-order valence-electron chi connectivity index (χ3n) is 2.43. The van der Waals surface area contributed by atoms with E-state index < -0.39 is 0 Å². The van der Waals surface area contributed by atoms with E-state index >= 15 is 0 Å². The van der Waals surface area contributed by atoms with E-state index in [0.29, 0.717) is 28.4 Å². The van der Waals surface area contributed by atoms with E-state index in [-0.39, 0.29) is 0 Å². The Morgan fingerprint density at radius 3 is 3.00 bits per heavy atom. The molecule has 102 valence electrons. The summed E-state index contributed by atoms with van der Waals surface area (Å²) in [6.07, 6.45) is 0. The van der Waals surface area contributed by atoms with Gasteiger partial charge >= 0.3 is 0 Å². The molecule has 0 atom stereocenters. The average Bonchev–Trinajstić information content (AvgIpc) is 3.06. The number of anilines is 1. The smallest absolute Gasteiger partial charge is 0.237 e. The van der Waals surface area contributed by atoms with Crippen molar-refractivity contribution in [3.63, 3.8) is 0 Å². The zero-order chi connectivity index (χ0) is 13.9. The molecule has 0 aliphatic heterocycles. The van der Waals surface area contributed by atoms with E-state index in [9.17, 15) is 0 Å². The minimum absolute atomic E-state index is 0.462. The molecule has 20 heavy (non-hydrogen) atoms. The SMILES string of the molecule is Cc1cc(N)nc(SCc2nc(-c3ccsc3)no2)n1. The summed E-state index contributed by atoms with van der Waals surface area (Å²) in [7, 11) is 0.